The molecule has 0 bridgehead atoms. The van der Waals surface area contributed by atoms with Crippen LogP contribution in [0, 0.1) is 0 Å². The van der Waals surface area contributed by atoms with Crippen molar-refractivity contribution in [3.05, 3.63) is 29.7 Å². The van der Waals surface area contributed by atoms with Gasteiger partial charge in [-0.05, 0) is 37.8 Å². The van der Waals surface area contributed by atoms with E-state index in [1.807, 2.05) is 12.4 Å². The molecule has 0 radical (unpaired) electrons. The molecular formula is C13H17N3. The molecule has 0 aromatic carbocycles. The number of nitrogens with zero attached hydrogens (tertiary/aromatic N) is 2. The first-order valence-corrected chi connectivity index (χ1v) is 5.97. The van der Waals surface area contributed by atoms with Crippen molar-refractivity contribution in [1.82, 2.24) is 9.55 Å². The molecule has 3 heterocycles. The van der Waals surface area contributed by atoms with E-state index in [2.05, 4.69) is 22.5 Å². The molecular weight excluding hydrogens is 198 g/mol. The van der Waals surface area contributed by atoms with Crippen molar-refractivity contribution >= 4 is 10.9 Å². The summed E-state index contributed by atoms with van der Waals surface area (Å²) >= 11 is 0. The van der Waals surface area contributed by atoms with Gasteiger partial charge in [0.1, 0.15) is 0 Å². The summed E-state index contributed by atoms with van der Waals surface area (Å²) in [5.74, 6) is 0. The van der Waals surface area contributed by atoms with E-state index < -0.39 is 0 Å². The summed E-state index contributed by atoms with van der Waals surface area (Å²) in [7, 11) is 0. The van der Waals surface area contributed by atoms with Crippen molar-refractivity contribution < 1.29 is 0 Å². The third-order valence-electron chi connectivity index (χ3n) is 3.41. The van der Waals surface area contributed by atoms with Crippen molar-refractivity contribution in [1.29, 1.82) is 0 Å². The first-order valence-electron chi connectivity index (χ1n) is 5.97. The quantitative estimate of drug-likeness (QED) is 0.831. The summed E-state index contributed by atoms with van der Waals surface area (Å²) < 4.78 is 2.42. The number of nitrogens with two attached hydrogens (primary N) is 1. The van der Waals surface area contributed by atoms with Crippen LogP contribution >= 0.6 is 0 Å². The van der Waals surface area contributed by atoms with E-state index in [0.29, 0.717) is 0 Å². The maximum Gasteiger partial charge on any atom is 0.0671 e. The van der Waals surface area contributed by atoms with Gasteiger partial charge in [0.2, 0.25) is 0 Å². The van der Waals surface area contributed by atoms with E-state index in [1.165, 1.54) is 35.0 Å². The molecule has 2 N–H and O–H groups in total. The Balaban J connectivity index is 2.25. The highest BCUT2D eigenvalue weighted by Gasteiger charge is 2.21. The zero-order valence-electron chi connectivity index (χ0n) is 9.61. The first kappa shape index (κ1) is 9.85. The molecule has 84 valence electrons. The Morgan fingerprint density at radius 1 is 1.56 bits per heavy atom. The molecule has 3 heteroatoms. The summed E-state index contributed by atoms with van der Waals surface area (Å²) in [4.78, 5) is 4.23. The number of rotatable bonds is 2. The number of pyridine rings is 1. The topological polar surface area (TPSA) is 43.8 Å². The average molecular weight is 215 g/mol. The molecule has 0 saturated carbocycles. The van der Waals surface area contributed by atoms with Gasteiger partial charge in [-0.3, -0.25) is 4.98 Å². The second-order valence-corrected chi connectivity index (χ2v) is 4.75. The maximum absolute atomic E-state index is 5.94. The maximum atomic E-state index is 5.94. The normalized spacial score (nSPS) is 16.6. The van der Waals surface area contributed by atoms with Gasteiger partial charge >= 0.3 is 0 Å². The molecule has 1 atom stereocenters. The lowest BCUT2D eigenvalue weighted by atomic mass is 10.0. The molecule has 0 saturated heterocycles. The van der Waals surface area contributed by atoms with Crippen LogP contribution in [0.3, 0.4) is 0 Å². The molecule has 0 fully saturated rings. The van der Waals surface area contributed by atoms with Gasteiger partial charge in [0.05, 0.1) is 11.7 Å². The molecule has 3 rings (SSSR count). The minimum Gasteiger partial charge on any atom is -0.343 e. The second kappa shape index (κ2) is 3.59. The Labute approximate surface area is 95.3 Å². The van der Waals surface area contributed by atoms with Gasteiger partial charge in [-0.1, -0.05) is 0 Å². The summed E-state index contributed by atoms with van der Waals surface area (Å²) in [5.41, 5.74) is 10.2. The number of hydrogen-bond acceptors (Lipinski definition) is 2. The molecule has 0 amide bonds. The largest absolute Gasteiger partial charge is 0.343 e. The van der Waals surface area contributed by atoms with Gasteiger partial charge in [0.25, 0.3) is 0 Å². The highest BCUT2D eigenvalue weighted by Crippen LogP contribution is 2.31. The molecule has 2 aromatic rings. The van der Waals surface area contributed by atoms with Crippen LogP contribution in [0.2, 0.25) is 0 Å². The summed E-state index contributed by atoms with van der Waals surface area (Å²) in [6, 6.07) is 2.35. The van der Waals surface area contributed by atoms with Crippen LogP contribution in [0.4, 0.5) is 0 Å². The van der Waals surface area contributed by atoms with Gasteiger partial charge in [-0.15, -0.1) is 0 Å². The Kier molecular flexibility index (Phi) is 2.21. The van der Waals surface area contributed by atoms with Crippen LogP contribution in [-0.2, 0) is 19.4 Å². The number of hydrogen-bond donors (Lipinski definition) is 1. The highest BCUT2D eigenvalue weighted by molar-refractivity contribution is 5.85. The smallest absolute Gasteiger partial charge is 0.0671 e. The predicted molar refractivity (Wildman–Crippen MR) is 65.4 cm³/mol. The Hall–Kier alpha value is -1.35. The highest BCUT2D eigenvalue weighted by atomic mass is 15.0. The molecule has 16 heavy (non-hydrogen) atoms. The van der Waals surface area contributed by atoms with Crippen LogP contribution in [-0.4, -0.2) is 15.6 Å². The molecule has 2 aromatic heterocycles. The van der Waals surface area contributed by atoms with Gasteiger partial charge < -0.3 is 10.3 Å². The number of fused-ring (bicyclic) bond motifs is 3. The summed E-state index contributed by atoms with van der Waals surface area (Å²) in [5, 5.41) is 1.35. The van der Waals surface area contributed by atoms with Gasteiger partial charge in [0.15, 0.2) is 0 Å². The lowest BCUT2D eigenvalue weighted by Gasteiger charge is -2.05. The van der Waals surface area contributed by atoms with Gasteiger partial charge in [-0.25, -0.2) is 0 Å². The SMILES string of the molecule is C[C@H](N)Cc1c2n(c3cnccc13)CCC2. The molecule has 3 nitrogen and oxygen atoms in total. The van der Waals surface area contributed by atoms with Crippen LogP contribution in [0.15, 0.2) is 18.5 Å². The fraction of sp³-hybridized carbons (Fsp3) is 0.462. The Morgan fingerprint density at radius 2 is 2.44 bits per heavy atom. The monoisotopic (exact) mass is 215 g/mol. The van der Waals surface area contributed by atoms with Crippen molar-refractivity contribution in [3.63, 3.8) is 0 Å². The first-order chi connectivity index (χ1) is 7.77. The van der Waals surface area contributed by atoms with Crippen LogP contribution in [0.25, 0.3) is 10.9 Å². The fourth-order valence-electron chi connectivity index (χ4n) is 2.82. The third-order valence-corrected chi connectivity index (χ3v) is 3.41. The average Bonchev–Trinajstić information content (AvgIpc) is 2.82. The number of aromatic nitrogens is 2. The van der Waals surface area contributed by atoms with E-state index in [4.69, 9.17) is 5.73 Å². The fourth-order valence-corrected chi connectivity index (χ4v) is 2.82. The predicted octanol–water partition coefficient (Wildman–Crippen LogP) is 1.87. The standard InChI is InChI=1S/C13H17N3/c1-9(14)7-11-10-4-5-15-8-13(10)16-6-2-3-12(11)16/h4-5,8-9H,2-3,6-7,14H2,1H3/t9-/m0/s1. The summed E-state index contributed by atoms with van der Waals surface area (Å²) in [6.07, 6.45) is 7.28. The zero-order valence-corrected chi connectivity index (χ0v) is 9.61. The van der Waals surface area contributed by atoms with Crippen molar-refractivity contribution in [2.75, 3.05) is 0 Å². The van der Waals surface area contributed by atoms with E-state index in [-0.39, 0.29) is 6.04 Å². The summed E-state index contributed by atoms with van der Waals surface area (Å²) in [6.45, 7) is 3.21. The molecule has 1 aliphatic heterocycles. The molecule has 0 spiro atoms. The lowest BCUT2D eigenvalue weighted by Crippen LogP contribution is -2.18. The van der Waals surface area contributed by atoms with Crippen molar-refractivity contribution in [2.45, 2.75) is 38.8 Å². The molecule has 1 aliphatic rings. The second-order valence-electron chi connectivity index (χ2n) is 4.75. The Morgan fingerprint density at radius 3 is 3.25 bits per heavy atom. The van der Waals surface area contributed by atoms with Gasteiger partial charge in [0, 0.05) is 29.9 Å². The van der Waals surface area contributed by atoms with E-state index >= 15 is 0 Å². The minimum atomic E-state index is 0.226. The lowest BCUT2D eigenvalue weighted by molar-refractivity contribution is 0.733. The molecule has 0 aliphatic carbocycles. The Bertz CT molecular complexity index is 525. The van der Waals surface area contributed by atoms with Crippen LogP contribution in [0.1, 0.15) is 24.6 Å². The number of aryl methyl sites for hydroxylation is 1. The van der Waals surface area contributed by atoms with Crippen molar-refractivity contribution in [2.24, 2.45) is 5.73 Å². The van der Waals surface area contributed by atoms with E-state index in [9.17, 15) is 0 Å². The van der Waals surface area contributed by atoms with Crippen LogP contribution in [0.5, 0.6) is 0 Å². The zero-order chi connectivity index (χ0) is 11.1. The van der Waals surface area contributed by atoms with Gasteiger partial charge in [-0.2, -0.15) is 0 Å². The minimum absolute atomic E-state index is 0.226. The molecule has 0 unspecified atom stereocenters. The third kappa shape index (κ3) is 1.35. The van der Waals surface area contributed by atoms with Crippen molar-refractivity contribution in [3.8, 4) is 0 Å². The van der Waals surface area contributed by atoms with Crippen LogP contribution < -0.4 is 5.73 Å². The van der Waals surface area contributed by atoms with E-state index in [0.717, 1.165) is 13.0 Å². The van der Waals surface area contributed by atoms with E-state index in [1.54, 1.807) is 0 Å².